The van der Waals surface area contributed by atoms with Crippen LogP contribution in [0.3, 0.4) is 0 Å². The van der Waals surface area contributed by atoms with Gasteiger partial charge in [-0.25, -0.2) is 0 Å². The summed E-state index contributed by atoms with van der Waals surface area (Å²) < 4.78 is 5.29. The highest BCUT2D eigenvalue weighted by Gasteiger charge is 2.13. The average Bonchev–Trinajstić information content (AvgIpc) is 2.42. The van der Waals surface area contributed by atoms with Crippen LogP contribution < -0.4 is 5.32 Å². The first-order chi connectivity index (χ1) is 9.56. The van der Waals surface area contributed by atoms with Gasteiger partial charge in [-0.1, -0.05) is 17.7 Å². The lowest BCUT2D eigenvalue weighted by Crippen LogP contribution is -2.38. The van der Waals surface area contributed by atoms with Crippen LogP contribution in [0.1, 0.15) is 17.5 Å². The molecule has 0 atom stereocenters. The highest BCUT2D eigenvalue weighted by molar-refractivity contribution is 6.34. The lowest BCUT2D eigenvalue weighted by molar-refractivity contribution is -0.116. The number of morpholine rings is 1. The molecule has 5 heteroatoms. The topological polar surface area (TPSA) is 41.6 Å². The minimum atomic E-state index is 0.00495. The fourth-order valence-electron chi connectivity index (χ4n) is 2.36. The number of benzene rings is 1. The molecular formula is C15H21ClN2O2. The molecule has 2 rings (SSSR count). The lowest BCUT2D eigenvalue weighted by atomic mass is 10.1. The van der Waals surface area contributed by atoms with Gasteiger partial charge in [-0.3, -0.25) is 9.69 Å². The summed E-state index contributed by atoms with van der Waals surface area (Å²) in [5.74, 6) is 0.00495. The highest BCUT2D eigenvalue weighted by atomic mass is 35.5. The van der Waals surface area contributed by atoms with Crippen LogP contribution in [0.25, 0.3) is 0 Å². The lowest BCUT2D eigenvalue weighted by Gasteiger charge is -2.26. The Morgan fingerprint density at radius 2 is 2.05 bits per heavy atom. The number of hydrogen-bond donors (Lipinski definition) is 1. The average molecular weight is 297 g/mol. The monoisotopic (exact) mass is 296 g/mol. The number of aryl methyl sites for hydroxylation is 2. The molecule has 0 spiro atoms. The van der Waals surface area contributed by atoms with Crippen molar-refractivity contribution >= 4 is 23.2 Å². The summed E-state index contributed by atoms with van der Waals surface area (Å²) in [6.45, 7) is 8.02. The molecule has 0 radical (unpaired) electrons. The van der Waals surface area contributed by atoms with Crippen molar-refractivity contribution < 1.29 is 9.53 Å². The third kappa shape index (κ3) is 4.20. The summed E-state index contributed by atoms with van der Waals surface area (Å²) >= 11 is 6.19. The molecule has 1 amide bonds. The summed E-state index contributed by atoms with van der Waals surface area (Å²) in [4.78, 5) is 14.3. The van der Waals surface area contributed by atoms with Gasteiger partial charge < -0.3 is 10.1 Å². The predicted octanol–water partition coefficient (Wildman–Crippen LogP) is 2.62. The van der Waals surface area contributed by atoms with Crippen LogP contribution in [0.15, 0.2) is 12.1 Å². The fraction of sp³-hybridized carbons (Fsp3) is 0.533. The van der Waals surface area contributed by atoms with Gasteiger partial charge in [0.15, 0.2) is 0 Å². The molecule has 0 bridgehead atoms. The summed E-state index contributed by atoms with van der Waals surface area (Å²) in [6.07, 6.45) is 0.476. The van der Waals surface area contributed by atoms with Gasteiger partial charge in [0, 0.05) is 26.1 Å². The first kappa shape index (κ1) is 15.3. The minimum Gasteiger partial charge on any atom is -0.379 e. The number of ether oxygens (including phenoxy) is 1. The van der Waals surface area contributed by atoms with Gasteiger partial charge in [0.05, 0.1) is 23.9 Å². The molecule has 0 unspecified atom stereocenters. The Balaban J connectivity index is 1.88. The molecule has 4 nitrogen and oxygen atoms in total. The minimum absolute atomic E-state index is 0.00495. The number of hydrogen-bond acceptors (Lipinski definition) is 3. The quantitative estimate of drug-likeness (QED) is 0.928. The Hall–Kier alpha value is -1.10. The molecule has 1 N–H and O–H groups in total. The van der Waals surface area contributed by atoms with E-state index < -0.39 is 0 Å². The van der Waals surface area contributed by atoms with Gasteiger partial charge in [-0.15, -0.1) is 0 Å². The normalized spacial score (nSPS) is 16.1. The van der Waals surface area contributed by atoms with Crippen molar-refractivity contribution in [1.29, 1.82) is 0 Å². The van der Waals surface area contributed by atoms with Crippen LogP contribution in [-0.2, 0) is 9.53 Å². The summed E-state index contributed by atoms with van der Waals surface area (Å²) in [7, 11) is 0. The number of amides is 1. The Bertz CT molecular complexity index is 462. The molecule has 1 aromatic rings. The highest BCUT2D eigenvalue weighted by Crippen LogP contribution is 2.27. The van der Waals surface area contributed by atoms with Crippen LogP contribution >= 0.6 is 11.6 Å². The first-order valence-corrected chi connectivity index (χ1v) is 7.31. The van der Waals surface area contributed by atoms with E-state index in [-0.39, 0.29) is 5.91 Å². The van der Waals surface area contributed by atoms with Gasteiger partial charge in [0.2, 0.25) is 5.91 Å². The number of nitrogens with one attached hydrogen (secondary N) is 1. The molecule has 1 fully saturated rings. The van der Waals surface area contributed by atoms with Crippen LogP contribution in [0.5, 0.6) is 0 Å². The number of nitrogens with zero attached hydrogens (tertiary/aromatic N) is 1. The summed E-state index contributed by atoms with van der Waals surface area (Å²) in [6, 6.07) is 3.88. The predicted molar refractivity (Wildman–Crippen MR) is 81.4 cm³/mol. The second-order valence-corrected chi connectivity index (χ2v) is 5.60. The van der Waals surface area contributed by atoms with Gasteiger partial charge in [0.1, 0.15) is 0 Å². The molecule has 0 aromatic heterocycles. The number of anilines is 1. The Morgan fingerprint density at radius 3 is 2.70 bits per heavy atom. The third-order valence-corrected chi connectivity index (χ3v) is 3.75. The smallest absolute Gasteiger partial charge is 0.225 e. The molecule has 0 saturated carbocycles. The Morgan fingerprint density at radius 1 is 1.35 bits per heavy atom. The van der Waals surface area contributed by atoms with E-state index in [4.69, 9.17) is 16.3 Å². The van der Waals surface area contributed by atoms with Crippen molar-refractivity contribution in [1.82, 2.24) is 4.90 Å². The van der Waals surface area contributed by atoms with E-state index >= 15 is 0 Å². The van der Waals surface area contributed by atoms with Gasteiger partial charge in [-0.05, 0) is 31.0 Å². The van der Waals surface area contributed by atoms with Crippen molar-refractivity contribution in [2.45, 2.75) is 20.3 Å². The van der Waals surface area contributed by atoms with E-state index in [0.29, 0.717) is 11.4 Å². The first-order valence-electron chi connectivity index (χ1n) is 6.93. The number of rotatable bonds is 4. The molecule has 110 valence electrons. The standard InChI is InChI=1S/C15H21ClN2O2/c1-11-9-12(2)15(13(16)10-11)17-14(19)3-4-18-5-7-20-8-6-18/h9-10H,3-8H2,1-2H3,(H,17,19). The molecule has 20 heavy (non-hydrogen) atoms. The maximum Gasteiger partial charge on any atom is 0.225 e. The van der Waals surface area contributed by atoms with Crippen LogP contribution in [0, 0.1) is 13.8 Å². The Labute approximate surface area is 125 Å². The van der Waals surface area contributed by atoms with Crippen molar-refractivity contribution in [3.63, 3.8) is 0 Å². The van der Waals surface area contributed by atoms with Gasteiger partial charge in [-0.2, -0.15) is 0 Å². The molecule has 1 heterocycles. The van der Waals surface area contributed by atoms with E-state index in [1.165, 1.54) is 0 Å². The van der Waals surface area contributed by atoms with E-state index in [1.807, 2.05) is 26.0 Å². The molecule has 0 aliphatic carbocycles. The third-order valence-electron chi connectivity index (χ3n) is 3.45. The van der Waals surface area contributed by atoms with Gasteiger partial charge >= 0.3 is 0 Å². The van der Waals surface area contributed by atoms with Crippen molar-refractivity contribution in [2.75, 3.05) is 38.2 Å². The summed E-state index contributed by atoms with van der Waals surface area (Å²) in [5, 5.41) is 3.52. The second-order valence-electron chi connectivity index (χ2n) is 5.19. The number of halogens is 1. The fourth-order valence-corrected chi connectivity index (χ4v) is 2.73. The van der Waals surface area contributed by atoms with Crippen LogP contribution in [-0.4, -0.2) is 43.7 Å². The molecular weight excluding hydrogens is 276 g/mol. The van der Waals surface area contributed by atoms with Crippen LogP contribution in [0.4, 0.5) is 5.69 Å². The van der Waals surface area contributed by atoms with Crippen molar-refractivity contribution in [3.8, 4) is 0 Å². The SMILES string of the molecule is Cc1cc(C)c(NC(=O)CCN2CCOCC2)c(Cl)c1. The van der Waals surface area contributed by atoms with E-state index in [1.54, 1.807) is 0 Å². The maximum atomic E-state index is 12.0. The molecule has 1 aliphatic heterocycles. The van der Waals surface area contributed by atoms with Crippen molar-refractivity contribution in [3.05, 3.63) is 28.3 Å². The zero-order valence-corrected chi connectivity index (χ0v) is 12.8. The molecule has 1 saturated heterocycles. The van der Waals surface area contributed by atoms with Crippen LogP contribution in [0.2, 0.25) is 5.02 Å². The zero-order chi connectivity index (χ0) is 14.5. The number of carbonyl (C=O) groups is 1. The summed E-state index contributed by atoms with van der Waals surface area (Å²) in [5.41, 5.74) is 2.82. The largest absolute Gasteiger partial charge is 0.379 e. The Kier molecular flexibility index (Phi) is 5.40. The second kappa shape index (κ2) is 7.07. The van der Waals surface area contributed by atoms with Gasteiger partial charge in [0.25, 0.3) is 0 Å². The van der Waals surface area contributed by atoms with Crippen molar-refractivity contribution in [2.24, 2.45) is 0 Å². The maximum absolute atomic E-state index is 12.0. The number of carbonyl (C=O) groups excluding carboxylic acids is 1. The molecule has 1 aromatic carbocycles. The van der Waals surface area contributed by atoms with E-state index in [2.05, 4.69) is 10.2 Å². The molecule has 1 aliphatic rings. The van der Waals surface area contributed by atoms with E-state index in [9.17, 15) is 4.79 Å². The zero-order valence-electron chi connectivity index (χ0n) is 12.0. The van der Waals surface area contributed by atoms with E-state index in [0.717, 1.165) is 49.7 Å².